The Bertz CT molecular complexity index is 322. The smallest absolute Gasteiger partial charge is 0.217 e. The standard InChI is InChI=1S/C13H20N2O/c1-11(16)14-13(9-10-15(2)3)12-7-5-4-6-8-12/h4-8,13H,9-10H2,1-3H3,(H,14,16). The highest BCUT2D eigenvalue weighted by molar-refractivity contribution is 5.73. The Balaban J connectivity index is 2.67. The number of rotatable bonds is 5. The van der Waals surface area contributed by atoms with E-state index in [0.29, 0.717) is 0 Å². The molecule has 0 spiro atoms. The van der Waals surface area contributed by atoms with Crippen LogP contribution in [-0.2, 0) is 4.79 Å². The third-order valence-corrected chi connectivity index (χ3v) is 2.44. The van der Waals surface area contributed by atoms with Crippen LogP contribution in [0.1, 0.15) is 24.9 Å². The second-order valence-electron chi connectivity index (χ2n) is 4.26. The van der Waals surface area contributed by atoms with E-state index < -0.39 is 0 Å². The molecule has 0 aromatic heterocycles. The van der Waals surface area contributed by atoms with E-state index in [1.807, 2.05) is 32.3 Å². The van der Waals surface area contributed by atoms with Gasteiger partial charge in [-0.05, 0) is 32.6 Å². The molecule has 16 heavy (non-hydrogen) atoms. The van der Waals surface area contributed by atoms with E-state index in [0.717, 1.165) is 13.0 Å². The average Bonchev–Trinajstić information content (AvgIpc) is 2.25. The molecule has 1 unspecified atom stereocenters. The largest absolute Gasteiger partial charge is 0.349 e. The first-order valence-electron chi connectivity index (χ1n) is 5.56. The van der Waals surface area contributed by atoms with Crippen LogP contribution < -0.4 is 5.32 Å². The van der Waals surface area contributed by atoms with Crippen molar-refractivity contribution in [2.24, 2.45) is 0 Å². The molecule has 0 aliphatic heterocycles. The fraction of sp³-hybridized carbons (Fsp3) is 0.462. The van der Waals surface area contributed by atoms with Crippen LogP contribution in [0, 0.1) is 0 Å². The maximum Gasteiger partial charge on any atom is 0.217 e. The molecule has 0 aliphatic carbocycles. The van der Waals surface area contributed by atoms with Gasteiger partial charge in [-0.3, -0.25) is 4.79 Å². The van der Waals surface area contributed by atoms with Crippen molar-refractivity contribution in [2.45, 2.75) is 19.4 Å². The topological polar surface area (TPSA) is 32.3 Å². The minimum absolute atomic E-state index is 0.0209. The lowest BCUT2D eigenvalue weighted by molar-refractivity contribution is -0.119. The van der Waals surface area contributed by atoms with E-state index in [9.17, 15) is 4.79 Å². The minimum Gasteiger partial charge on any atom is -0.349 e. The number of hydrogen-bond donors (Lipinski definition) is 1. The molecule has 0 radical (unpaired) electrons. The molecule has 1 N–H and O–H groups in total. The lowest BCUT2D eigenvalue weighted by Gasteiger charge is -2.20. The first kappa shape index (κ1) is 12.7. The molecule has 1 rings (SSSR count). The fourth-order valence-corrected chi connectivity index (χ4v) is 1.64. The molecule has 1 aromatic carbocycles. The van der Waals surface area contributed by atoms with Crippen molar-refractivity contribution >= 4 is 5.91 Å². The Morgan fingerprint density at radius 3 is 2.44 bits per heavy atom. The second-order valence-corrected chi connectivity index (χ2v) is 4.26. The summed E-state index contributed by atoms with van der Waals surface area (Å²) in [6.07, 6.45) is 0.927. The predicted octanol–water partition coefficient (Wildman–Crippen LogP) is 1.82. The summed E-state index contributed by atoms with van der Waals surface area (Å²) in [5.74, 6) is 0.0209. The summed E-state index contributed by atoms with van der Waals surface area (Å²) in [7, 11) is 4.08. The van der Waals surface area contributed by atoms with Crippen LogP contribution >= 0.6 is 0 Å². The minimum atomic E-state index is 0.0209. The summed E-state index contributed by atoms with van der Waals surface area (Å²) in [5.41, 5.74) is 1.17. The van der Waals surface area contributed by atoms with Crippen molar-refractivity contribution in [3.63, 3.8) is 0 Å². The summed E-state index contributed by atoms with van der Waals surface area (Å²) < 4.78 is 0. The SMILES string of the molecule is CC(=O)NC(CCN(C)C)c1ccccc1. The van der Waals surface area contributed by atoms with Crippen LogP contribution in [0.2, 0.25) is 0 Å². The second kappa shape index (κ2) is 6.28. The van der Waals surface area contributed by atoms with Gasteiger partial charge in [0.05, 0.1) is 6.04 Å². The average molecular weight is 220 g/mol. The molecule has 0 heterocycles. The number of benzene rings is 1. The number of hydrogen-bond acceptors (Lipinski definition) is 2. The van der Waals surface area contributed by atoms with E-state index in [4.69, 9.17) is 0 Å². The molecule has 3 heteroatoms. The van der Waals surface area contributed by atoms with Crippen molar-refractivity contribution in [1.29, 1.82) is 0 Å². The fourth-order valence-electron chi connectivity index (χ4n) is 1.64. The van der Waals surface area contributed by atoms with Gasteiger partial charge in [0.15, 0.2) is 0 Å². The monoisotopic (exact) mass is 220 g/mol. The lowest BCUT2D eigenvalue weighted by atomic mass is 10.0. The van der Waals surface area contributed by atoms with Gasteiger partial charge in [-0.2, -0.15) is 0 Å². The molecule has 0 bridgehead atoms. The van der Waals surface area contributed by atoms with Gasteiger partial charge < -0.3 is 10.2 Å². The number of nitrogens with zero attached hydrogens (tertiary/aromatic N) is 1. The number of amides is 1. The summed E-state index contributed by atoms with van der Waals surface area (Å²) in [5, 5.41) is 2.99. The van der Waals surface area contributed by atoms with E-state index in [-0.39, 0.29) is 11.9 Å². The van der Waals surface area contributed by atoms with Crippen molar-refractivity contribution < 1.29 is 4.79 Å². The quantitative estimate of drug-likeness (QED) is 0.821. The van der Waals surface area contributed by atoms with Crippen LogP contribution in [0.4, 0.5) is 0 Å². The van der Waals surface area contributed by atoms with Crippen molar-refractivity contribution in [1.82, 2.24) is 10.2 Å². The van der Waals surface area contributed by atoms with Gasteiger partial charge in [-0.25, -0.2) is 0 Å². The molecule has 1 aromatic rings. The van der Waals surface area contributed by atoms with Gasteiger partial charge in [0.2, 0.25) is 5.91 Å². The van der Waals surface area contributed by atoms with E-state index in [1.54, 1.807) is 6.92 Å². The highest BCUT2D eigenvalue weighted by Gasteiger charge is 2.12. The maximum absolute atomic E-state index is 11.1. The van der Waals surface area contributed by atoms with Gasteiger partial charge in [-0.15, -0.1) is 0 Å². The molecule has 88 valence electrons. The third-order valence-electron chi connectivity index (χ3n) is 2.44. The Hall–Kier alpha value is -1.35. The van der Waals surface area contributed by atoms with Crippen LogP contribution in [0.15, 0.2) is 30.3 Å². The van der Waals surface area contributed by atoms with Crippen LogP contribution in [0.3, 0.4) is 0 Å². The highest BCUT2D eigenvalue weighted by atomic mass is 16.1. The Kier molecular flexibility index (Phi) is 4.99. The molecule has 3 nitrogen and oxygen atoms in total. The van der Waals surface area contributed by atoms with Crippen LogP contribution in [-0.4, -0.2) is 31.4 Å². The molecule has 1 atom stereocenters. The van der Waals surface area contributed by atoms with Crippen molar-refractivity contribution in [2.75, 3.05) is 20.6 Å². The van der Waals surface area contributed by atoms with Gasteiger partial charge in [0.25, 0.3) is 0 Å². The Morgan fingerprint density at radius 1 is 1.31 bits per heavy atom. The van der Waals surface area contributed by atoms with E-state index >= 15 is 0 Å². The number of carbonyl (C=O) groups is 1. The lowest BCUT2D eigenvalue weighted by Crippen LogP contribution is -2.29. The Morgan fingerprint density at radius 2 is 1.94 bits per heavy atom. The van der Waals surface area contributed by atoms with Crippen molar-refractivity contribution in [3.8, 4) is 0 Å². The first-order valence-corrected chi connectivity index (χ1v) is 5.56. The van der Waals surface area contributed by atoms with Gasteiger partial charge in [-0.1, -0.05) is 30.3 Å². The molecule has 0 aliphatic rings. The van der Waals surface area contributed by atoms with Crippen LogP contribution in [0.25, 0.3) is 0 Å². The molecule has 0 fully saturated rings. The summed E-state index contributed by atoms with van der Waals surface area (Å²) >= 11 is 0. The normalized spacial score (nSPS) is 12.5. The van der Waals surface area contributed by atoms with Gasteiger partial charge in [0.1, 0.15) is 0 Å². The van der Waals surface area contributed by atoms with E-state index in [2.05, 4.69) is 22.3 Å². The third kappa shape index (κ3) is 4.45. The molecular weight excluding hydrogens is 200 g/mol. The zero-order valence-corrected chi connectivity index (χ0v) is 10.2. The van der Waals surface area contributed by atoms with E-state index in [1.165, 1.54) is 5.56 Å². The van der Waals surface area contributed by atoms with Crippen LogP contribution in [0.5, 0.6) is 0 Å². The molecular formula is C13H20N2O. The first-order chi connectivity index (χ1) is 7.59. The predicted molar refractivity (Wildman–Crippen MR) is 66.2 cm³/mol. The number of carbonyl (C=O) groups excluding carboxylic acids is 1. The highest BCUT2D eigenvalue weighted by Crippen LogP contribution is 2.16. The zero-order valence-electron chi connectivity index (χ0n) is 10.2. The summed E-state index contributed by atoms with van der Waals surface area (Å²) in [6.45, 7) is 2.52. The van der Waals surface area contributed by atoms with Crippen molar-refractivity contribution in [3.05, 3.63) is 35.9 Å². The molecule has 0 saturated heterocycles. The Labute approximate surface area is 97.5 Å². The zero-order chi connectivity index (χ0) is 12.0. The maximum atomic E-state index is 11.1. The summed E-state index contributed by atoms with van der Waals surface area (Å²) in [4.78, 5) is 13.3. The molecule has 0 saturated carbocycles. The van der Waals surface area contributed by atoms with Gasteiger partial charge in [0, 0.05) is 6.92 Å². The number of nitrogens with one attached hydrogen (secondary N) is 1. The molecule has 1 amide bonds. The van der Waals surface area contributed by atoms with Gasteiger partial charge >= 0.3 is 0 Å². The summed E-state index contributed by atoms with van der Waals surface area (Å²) in [6, 6.07) is 10.2.